The van der Waals surface area contributed by atoms with E-state index < -0.39 is 10.3 Å². The van der Waals surface area contributed by atoms with Gasteiger partial charge in [0.25, 0.3) is 0 Å². The summed E-state index contributed by atoms with van der Waals surface area (Å²) < 4.78 is 33.4. The molecule has 0 aliphatic carbocycles. The summed E-state index contributed by atoms with van der Waals surface area (Å²) in [4.78, 5) is 10.9. The molecule has 0 atom stereocenters. The number of benzene rings is 1. The van der Waals surface area contributed by atoms with E-state index in [2.05, 4.69) is 4.40 Å². The second kappa shape index (κ2) is 5.70. The van der Waals surface area contributed by atoms with E-state index in [1.165, 1.54) is 6.92 Å². The molecular formula is C11H13NO4S. The van der Waals surface area contributed by atoms with Gasteiger partial charge in [0.15, 0.2) is 0 Å². The summed E-state index contributed by atoms with van der Waals surface area (Å²) >= 11 is 0. The predicted molar refractivity (Wildman–Crippen MR) is 64.4 cm³/mol. The average molecular weight is 255 g/mol. The maximum atomic E-state index is 10.9. The molecule has 0 saturated heterocycles. The van der Waals surface area contributed by atoms with Crippen molar-refractivity contribution in [2.45, 2.75) is 19.8 Å². The molecule has 0 bridgehead atoms. The summed E-state index contributed by atoms with van der Waals surface area (Å²) in [7, 11) is -4.44. The lowest BCUT2D eigenvalue weighted by Gasteiger charge is -2.04. The minimum Gasteiger partial charge on any atom is -0.300 e. The highest BCUT2D eigenvalue weighted by Gasteiger charge is 2.09. The molecule has 92 valence electrons. The highest BCUT2D eigenvalue weighted by atomic mass is 32.2. The van der Waals surface area contributed by atoms with Gasteiger partial charge in [-0.3, -0.25) is 4.55 Å². The van der Waals surface area contributed by atoms with E-state index in [0.717, 1.165) is 0 Å². The third-order valence-corrected chi connectivity index (χ3v) is 2.50. The smallest absolute Gasteiger partial charge is 0.300 e. The van der Waals surface area contributed by atoms with Crippen molar-refractivity contribution in [2.24, 2.45) is 4.40 Å². The van der Waals surface area contributed by atoms with Crippen molar-refractivity contribution in [1.29, 1.82) is 0 Å². The van der Waals surface area contributed by atoms with Crippen LogP contribution in [-0.2, 0) is 15.1 Å². The Labute approximate surface area is 100 Å². The molecule has 0 heterocycles. The van der Waals surface area contributed by atoms with Gasteiger partial charge in [0.05, 0.1) is 5.71 Å². The lowest BCUT2D eigenvalue weighted by Crippen LogP contribution is -2.07. The summed E-state index contributed by atoms with van der Waals surface area (Å²) in [5.41, 5.74) is 0.759. The summed E-state index contributed by atoms with van der Waals surface area (Å²) in [6, 6.07) is 8.57. The SMILES string of the molecule is CC(=O)CC/C(=N/S(=O)(=O)O)c1ccccc1. The van der Waals surface area contributed by atoms with Crippen LogP contribution in [0.4, 0.5) is 0 Å². The molecule has 0 aliphatic heterocycles. The average Bonchev–Trinajstić information content (AvgIpc) is 2.24. The number of nitrogens with zero attached hydrogens (tertiary/aromatic N) is 1. The molecule has 0 fully saturated rings. The first-order chi connectivity index (χ1) is 7.88. The lowest BCUT2D eigenvalue weighted by atomic mass is 10.1. The van der Waals surface area contributed by atoms with E-state index >= 15 is 0 Å². The second-order valence-corrected chi connectivity index (χ2v) is 4.63. The van der Waals surface area contributed by atoms with Crippen LogP contribution in [0.15, 0.2) is 34.7 Å². The highest BCUT2D eigenvalue weighted by molar-refractivity contribution is 7.84. The van der Waals surface area contributed by atoms with Crippen LogP contribution >= 0.6 is 0 Å². The summed E-state index contributed by atoms with van der Waals surface area (Å²) in [6.45, 7) is 1.41. The van der Waals surface area contributed by atoms with Gasteiger partial charge in [0, 0.05) is 6.42 Å². The van der Waals surface area contributed by atoms with Crippen LogP contribution in [0.1, 0.15) is 25.3 Å². The van der Waals surface area contributed by atoms with Gasteiger partial charge >= 0.3 is 10.3 Å². The van der Waals surface area contributed by atoms with Crippen LogP contribution in [-0.4, -0.2) is 24.5 Å². The number of hydrogen-bond donors (Lipinski definition) is 1. The fraction of sp³-hybridized carbons (Fsp3) is 0.273. The molecule has 0 spiro atoms. The lowest BCUT2D eigenvalue weighted by molar-refractivity contribution is -0.116. The molecule has 0 radical (unpaired) electrons. The third-order valence-electron chi connectivity index (χ3n) is 2.05. The molecule has 1 rings (SSSR count). The molecule has 6 heteroatoms. The molecule has 0 aromatic heterocycles. The van der Waals surface area contributed by atoms with Crippen LogP contribution in [0.5, 0.6) is 0 Å². The molecule has 1 N–H and O–H groups in total. The van der Waals surface area contributed by atoms with Gasteiger partial charge in [-0.25, -0.2) is 0 Å². The van der Waals surface area contributed by atoms with Gasteiger partial charge in [-0.2, -0.15) is 8.42 Å². The highest BCUT2D eigenvalue weighted by Crippen LogP contribution is 2.08. The standard InChI is InChI=1S/C11H13NO4S/c1-9(13)7-8-11(12-17(14,15)16)10-5-3-2-4-6-10/h2-6H,7-8H2,1H3,(H,14,15,16)/b12-11-. The van der Waals surface area contributed by atoms with Gasteiger partial charge in [-0.15, -0.1) is 4.40 Å². The fourth-order valence-electron chi connectivity index (χ4n) is 1.31. The first kappa shape index (κ1) is 13.5. The van der Waals surface area contributed by atoms with Crippen molar-refractivity contribution in [3.63, 3.8) is 0 Å². The molecule has 0 unspecified atom stereocenters. The van der Waals surface area contributed by atoms with Gasteiger partial charge in [-0.05, 0) is 18.9 Å². The van der Waals surface area contributed by atoms with Crippen LogP contribution in [0.3, 0.4) is 0 Å². The number of Topliss-reactive ketones (excluding diaryl/α,β-unsaturated/α-hetero) is 1. The fourth-order valence-corrected chi connectivity index (χ4v) is 1.78. The van der Waals surface area contributed by atoms with Crippen LogP contribution in [0, 0.1) is 0 Å². The Morgan fingerprint density at radius 3 is 2.29 bits per heavy atom. The van der Waals surface area contributed by atoms with Gasteiger partial charge in [0.2, 0.25) is 0 Å². The Bertz CT molecular complexity index is 520. The number of carbonyl (C=O) groups is 1. The first-order valence-corrected chi connectivity index (χ1v) is 6.39. The van der Waals surface area contributed by atoms with E-state index in [0.29, 0.717) is 5.56 Å². The molecule has 1 aromatic rings. The molecular weight excluding hydrogens is 242 g/mol. The van der Waals surface area contributed by atoms with E-state index in [-0.39, 0.29) is 24.3 Å². The van der Waals surface area contributed by atoms with E-state index in [4.69, 9.17) is 4.55 Å². The van der Waals surface area contributed by atoms with E-state index in [1.54, 1.807) is 30.3 Å². The zero-order valence-electron chi connectivity index (χ0n) is 9.33. The maximum absolute atomic E-state index is 10.9. The predicted octanol–water partition coefficient (Wildman–Crippen LogP) is 1.65. The van der Waals surface area contributed by atoms with Crippen LogP contribution in [0.2, 0.25) is 0 Å². The molecule has 5 nitrogen and oxygen atoms in total. The van der Waals surface area contributed by atoms with Crippen molar-refractivity contribution in [2.75, 3.05) is 0 Å². The molecule has 0 aliphatic rings. The largest absolute Gasteiger partial charge is 0.378 e. The minimum absolute atomic E-state index is 0.0658. The minimum atomic E-state index is -4.44. The summed E-state index contributed by atoms with van der Waals surface area (Å²) in [5.74, 6) is -0.0658. The van der Waals surface area contributed by atoms with E-state index in [1.807, 2.05) is 0 Å². The summed E-state index contributed by atoms with van der Waals surface area (Å²) in [6.07, 6.45) is 0.363. The quantitative estimate of drug-likeness (QED) is 0.640. The second-order valence-electron chi connectivity index (χ2n) is 3.55. The number of rotatable bonds is 5. The van der Waals surface area contributed by atoms with Gasteiger partial charge in [-0.1, -0.05) is 30.3 Å². The number of ketones is 1. The summed E-state index contributed by atoms with van der Waals surface area (Å²) in [5, 5.41) is 0. The van der Waals surface area contributed by atoms with Crippen molar-refractivity contribution < 1.29 is 17.8 Å². The van der Waals surface area contributed by atoms with Gasteiger partial charge < -0.3 is 4.79 Å². The molecule has 1 aromatic carbocycles. The van der Waals surface area contributed by atoms with Crippen molar-refractivity contribution in [1.82, 2.24) is 0 Å². The van der Waals surface area contributed by atoms with Crippen molar-refractivity contribution in [3.8, 4) is 0 Å². The van der Waals surface area contributed by atoms with Gasteiger partial charge in [0.1, 0.15) is 5.78 Å². The normalized spacial score (nSPS) is 12.5. The Balaban J connectivity index is 3.04. The molecule has 0 amide bonds. The van der Waals surface area contributed by atoms with Crippen molar-refractivity contribution in [3.05, 3.63) is 35.9 Å². The zero-order valence-corrected chi connectivity index (χ0v) is 10.1. The van der Waals surface area contributed by atoms with Crippen LogP contribution in [0.25, 0.3) is 0 Å². The van der Waals surface area contributed by atoms with Crippen LogP contribution < -0.4 is 0 Å². The topological polar surface area (TPSA) is 83.8 Å². The Morgan fingerprint density at radius 1 is 1.24 bits per heavy atom. The number of hydrogen-bond acceptors (Lipinski definition) is 3. The third kappa shape index (κ3) is 5.37. The molecule has 17 heavy (non-hydrogen) atoms. The molecule has 0 saturated carbocycles. The van der Waals surface area contributed by atoms with Crippen molar-refractivity contribution >= 4 is 21.8 Å². The monoisotopic (exact) mass is 255 g/mol. The Hall–Kier alpha value is -1.53. The maximum Gasteiger partial charge on any atom is 0.378 e. The Morgan fingerprint density at radius 2 is 1.82 bits per heavy atom. The van der Waals surface area contributed by atoms with E-state index in [9.17, 15) is 13.2 Å². The first-order valence-electron chi connectivity index (χ1n) is 4.99. The number of carbonyl (C=O) groups excluding carboxylic acids is 1. The Kier molecular flexibility index (Phi) is 4.53. The zero-order chi connectivity index (χ0) is 12.9.